The summed E-state index contributed by atoms with van der Waals surface area (Å²) in [7, 11) is 4.57. The molecule has 0 N–H and O–H groups in total. The molecule has 5 radical (unpaired) electrons. The van der Waals surface area contributed by atoms with Crippen molar-refractivity contribution in [2.24, 2.45) is 0 Å². The summed E-state index contributed by atoms with van der Waals surface area (Å²) >= 11 is 1.82. The van der Waals surface area contributed by atoms with Gasteiger partial charge in [-0.25, -0.2) is 0 Å². The van der Waals surface area contributed by atoms with Crippen molar-refractivity contribution < 1.29 is 31.4 Å². The molecule has 2 rings (SSSR count). The fraction of sp³-hybridized carbons (Fsp3) is 0.278. The zero-order chi connectivity index (χ0) is 18.4. The first-order valence-corrected chi connectivity index (χ1v) is 8.79. The van der Waals surface area contributed by atoms with Crippen LogP contribution in [0.25, 0.3) is 0 Å². The quantitative estimate of drug-likeness (QED) is 0.400. The van der Waals surface area contributed by atoms with Crippen LogP contribution < -0.4 is 4.74 Å². The zero-order valence-corrected chi connectivity index (χ0v) is 16.0. The third kappa shape index (κ3) is 7.68. The number of para-hydroxylation sites is 1. The Morgan fingerprint density at radius 2 is 1.22 bits per heavy atom. The molecule has 0 atom stereocenters. The van der Waals surface area contributed by atoms with Gasteiger partial charge in [0, 0.05) is 5.92 Å². The molecule has 0 saturated heterocycles. The summed E-state index contributed by atoms with van der Waals surface area (Å²) in [6.07, 6.45) is 0. The molecule has 5 heteroatoms. The van der Waals surface area contributed by atoms with Crippen LogP contribution in [0.3, 0.4) is 0 Å². The normalized spacial score (nSPS) is 16.1. The van der Waals surface area contributed by atoms with Gasteiger partial charge in [-0.15, -0.1) is 0 Å². The van der Waals surface area contributed by atoms with Crippen LogP contribution in [0.2, 0.25) is 0 Å². The molecular formula is C18H19ClO3Ru+. The van der Waals surface area contributed by atoms with Crippen LogP contribution >= 0.6 is 9.69 Å². The number of halogens is 1. The molecule has 0 bridgehead atoms. The Bertz CT molecular complexity index is 416. The third-order valence-electron chi connectivity index (χ3n) is 3.72. The average molecular weight is 420 g/mol. The molecule has 0 spiro atoms. The van der Waals surface area contributed by atoms with Crippen LogP contribution in [0.1, 0.15) is 27.7 Å². The Hall–Kier alpha value is -0.587. The second-order valence-corrected chi connectivity index (χ2v) is 4.58. The van der Waals surface area contributed by atoms with Gasteiger partial charge in [0.2, 0.25) is 0 Å². The Morgan fingerprint density at radius 1 is 0.826 bits per heavy atom. The molecule has 1 aromatic rings. The Balaban J connectivity index is 0. The molecule has 1 fully saturated rings. The standard InChI is InChI=1S/C16H19O.2CO.ClH.Ru/c1-11-12(2)14(4)16(13(11)3)10-17-15-8-6-5-7-9-15;2*1-2;;/h5-9H,10H2,1-4H3;;;1H;/q;;;;+2/p-1. The summed E-state index contributed by atoms with van der Waals surface area (Å²) in [5, 5.41) is 0. The predicted molar refractivity (Wildman–Crippen MR) is 84.6 cm³/mol. The van der Waals surface area contributed by atoms with Crippen molar-refractivity contribution >= 4 is 9.69 Å². The summed E-state index contributed by atoms with van der Waals surface area (Å²) in [6, 6.07) is 9.98. The Morgan fingerprint density at radius 3 is 1.61 bits per heavy atom. The molecule has 1 aromatic carbocycles. The topological polar surface area (TPSA) is 49.0 Å². The molecule has 3 nitrogen and oxygen atoms in total. The summed E-state index contributed by atoms with van der Waals surface area (Å²) in [5.74, 6) is 7.81. The van der Waals surface area contributed by atoms with Crippen LogP contribution in [0.15, 0.2) is 30.3 Å². The van der Waals surface area contributed by atoms with E-state index in [1.165, 1.54) is 29.6 Å². The first-order chi connectivity index (χ1) is 11.1. The van der Waals surface area contributed by atoms with Crippen molar-refractivity contribution in [1.29, 1.82) is 0 Å². The SMILES string of the molecule is C[C]1[C](C)[C](C)[C](COc2ccccc2)[C]1C.[C-]#[O+].[C-]#[O+].[Cl][Ru+]. The van der Waals surface area contributed by atoms with E-state index in [4.69, 9.17) is 14.0 Å². The van der Waals surface area contributed by atoms with E-state index in [0.717, 1.165) is 5.75 Å². The van der Waals surface area contributed by atoms with Gasteiger partial charge >= 0.3 is 49.6 Å². The van der Waals surface area contributed by atoms with Gasteiger partial charge in [0.15, 0.2) is 0 Å². The number of benzene rings is 1. The minimum absolute atomic E-state index is 0.663. The van der Waals surface area contributed by atoms with E-state index in [1.54, 1.807) is 0 Å². The van der Waals surface area contributed by atoms with Crippen LogP contribution in [0.4, 0.5) is 0 Å². The maximum atomic E-state index is 7.50. The van der Waals surface area contributed by atoms with Gasteiger partial charge in [0.25, 0.3) is 0 Å². The summed E-state index contributed by atoms with van der Waals surface area (Å²) in [6.45, 7) is 18.4. The van der Waals surface area contributed by atoms with Gasteiger partial charge in [-0.05, 0) is 35.8 Å². The van der Waals surface area contributed by atoms with Crippen LogP contribution in [-0.4, -0.2) is 6.61 Å². The van der Waals surface area contributed by atoms with Crippen molar-refractivity contribution in [3.05, 3.63) is 73.2 Å². The van der Waals surface area contributed by atoms with Crippen molar-refractivity contribution in [1.82, 2.24) is 0 Å². The van der Waals surface area contributed by atoms with Gasteiger partial charge in [0.05, 0.1) is 6.61 Å². The van der Waals surface area contributed by atoms with E-state index in [-0.39, 0.29) is 0 Å². The average Bonchev–Trinajstić information content (AvgIpc) is 2.83. The van der Waals surface area contributed by atoms with Crippen molar-refractivity contribution in [2.75, 3.05) is 6.61 Å². The van der Waals surface area contributed by atoms with Crippen LogP contribution in [-0.2, 0) is 26.6 Å². The van der Waals surface area contributed by atoms with E-state index >= 15 is 0 Å². The maximum absolute atomic E-state index is 7.50. The van der Waals surface area contributed by atoms with Gasteiger partial charge < -0.3 is 4.74 Å². The molecule has 1 aliphatic rings. The van der Waals surface area contributed by atoms with Gasteiger partial charge in [-0.1, -0.05) is 45.9 Å². The van der Waals surface area contributed by atoms with E-state index in [1.807, 2.05) is 47.6 Å². The van der Waals surface area contributed by atoms with Crippen molar-refractivity contribution in [3.63, 3.8) is 0 Å². The molecule has 1 aliphatic carbocycles. The van der Waals surface area contributed by atoms with Gasteiger partial charge in [0.1, 0.15) is 5.75 Å². The first-order valence-electron chi connectivity index (χ1n) is 6.55. The van der Waals surface area contributed by atoms with E-state index in [0.29, 0.717) is 6.61 Å². The molecule has 0 aliphatic heterocycles. The molecular weight excluding hydrogens is 401 g/mol. The third-order valence-corrected chi connectivity index (χ3v) is 3.72. The van der Waals surface area contributed by atoms with Crippen molar-refractivity contribution in [2.45, 2.75) is 27.7 Å². The number of rotatable bonds is 3. The van der Waals surface area contributed by atoms with Crippen LogP contribution in [0, 0.1) is 42.9 Å². The van der Waals surface area contributed by atoms with E-state index < -0.39 is 0 Å². The molecule has 0 unspecified atom stereocenters. The molecule has 123 valence electrons. The van der Waals surface area contributed by atoms with Crippen LogP contribution in [0.5, 0.6) is 5.75 Å². The predicted octanol–water partition coefficient (Wildman–Crippen LogP) is 4.64. The Labute approximate surface area is 154 Å². The fourth-order valence-electron chi connectivity index (χ4n) is 2.19. The second kappa shape index (κ2) is 15.0. The second-order valence-electron chi connectivity index (χ2n) is 4.58. The monoisotopic (exact) mass is 420 g/mol. The zero-order valence-electron chi connectivity index (χ0n) is 13.6. The molecule has 23 heavy (non-hydrogen) atoms. The Kier molecular flexibility index (Phi) is 16.1. The minimum atomic E-state index is 0.663. The number of ether oxygens (including phenoxy) is 1. The van der Waals surface area contributed by atoms with Crippen molar-refractivity contribution in [3.8, 4) is 5.75 Å². The van der Waals surface area contributed by atoms with E-state index in [2.05, 4.69) is 50.7 Å². The number of hydrogen-bond acceptors (Lipinski definition) is 1. The first kappa shape index (κ1) is 24.7. The molecule has 1 saturated carbocycles. The van der Waals surface area contributed by atoms with Gasteiger partial charge in [-0.3, -0.25) is 0 Å². The summed E-state index contributed by atoms with van der Waals surface area (Å²) in [4.78, 5) is 0. The molecule has 0 heterocycles. The summed E-state index contributed by atoms with van der Waals surface area (Å²) in [5.41, 5.74) is 0. The molecule has 0 aromatic heterocycles. The fourth-order valence-corrected chi connectivity index (χ4v) is 2.19. The number of hydrogen-bond donors (Lipinski definition) is 0. The molecule has 0 amide bonds. The van der Waals surface area contributed by atoms with E-state index in [9.17, 15) is 0 Å². The summed E-state index contributed by atoms with van der Waals surface area (Å²) < 4.78 is 20.8. The van der Waals surface area contributed by atoms with Gasteiger partial charge in [-0.2, -0.15) is 0 Å².